The minimum absolute atomic E-state index is 0.0639. The molecule has 1 heterocycles. The molecule has 0 unspecified atom stereocenters. The lowest BCUT2D eigenvalue weighted by Gasteiger charge is -2.23. The first-order chi connectivity index (χ1) is 15.6. The molecule has 1 fully saturated rings. The van der Waals surface area contributed by atoms with Gasteiger partial charge in [0.2, 0.25) is 5.91 Å². The lowest BCUT2D eigenvalue weighted by Crippen LogP contribution is -2.41. The van der Waals surface area contributed by atoms with Crippen LogP contribution in [-0.2, 0) is 17.9 Å². The summed E-state index contributed by atoms with van der Waals surface area (Å²) < 4.78 is 11.0. The Labute approximate surface area is 189 Å². The summed E-state index contributed by atoms with van der Waals surface area (Å²) >= 11 is 0. The van der Waals surface area contributed by atoms with Crippen molar-refractivity contribution in [2.45, 2.75) is 31.6 Å². The molecule has 3 aromatic rings. The van der Waals surface area contributed by atoms with E-state index in [4.69, 9.17) is 9.47 Å². The summed E-state index contributed by atoms with van der Waals surface area (Å²) in [7, 11) is 5.01. The summed E-state index contributed by atoms with van der Waals surface area (Å²) in [5.74, 6) is 1.53. The monoisotopic (exact) mass is 433 g/mol. The second kappa shape index (κ2) is 10.0. The predicted molar refractivity (Wildman–Crippen MR) is 127 cm³/mol. The van der Waals surface area contributed by atoms with Crippen molar-refractivity contribution in [2.24, 2.45) is 0 Å². The topological polar surface area (TPSA) is 62.8 Å². The highest BCUT2D eigenvalue weighted by Crippen LogP contribution is 2.31. The Bertz CT molecular complexity index is 1080. The molecule has 0 saturated carbocycles. The van der Waals surface area contributed by atoms with Crippen LogP contribution < -0.4 is 20.1 Å². The smallest absolute Gasteiger partial charge is 0.237 e. The van der Waals surface area contributed by atoms with Crippen molar-refractivity contribution in [3.63, 3.8) is 0 Å². The minimum atomic E-state index is -0.156. The van der Waals surface area contributed by atoms with Crippen molar-refractivity contribution in [1.29, 1.82) is 0 Å². The molecule has 2 atom stereocenters. The second-order valence-corrected chi connectivity index (χ2v) is 8.21. The standard InChI is InChI=1S/C26H31N3O3/c1-27-26(30)23-14-22(28-15-21-9-6-10-24(31-2)25(21)32-3)17-29(23)16-18-11-12-19-7-4-5-8-20(19)13-18/h4-13,22-23,28H,14-17H2,1-3H3,(H,27,30)/t22-,23+/m1/s1. The highest BCUT2D eigenvalue weighted by Gasteiger charge is 2.36. The molecule has 0 aliphatic carbocycles. The Balaban J connectivity index is 1.47. The van der Waals surface area contributed by atoms with Crippen LogP contribution in [0.1, 0.15) is 17.5 Å². The van der Waals surface area contributed by atoms with Gasteiger partial charge in [0.05, 0.1) is 20.3 Å². The molecule has 1 saturated heterocycles. The van der Waals surface area contributed by atoms with Crippen LogP contribution in [0.25, 0.3) is 10.8 Å². The summed E-state index contributed by atoms with van der Waals surface area (Å²) in [5.41, 5.74) is 2.25. The molecule has 1 aliphatic rings. The number of rotatable bonds is 8. The average Bonchev–Trinajstić information content (AvgIpc) is 3.24. The fourth-order valence-corrected chi connectivity index (χ4v) is 4.58. The lowest BCUT2D eigenvalue weighted by molar-refractivity contribution is -0.125. The van der Waals surface area contributed by atoms with Gasteiger partial charge in [-0.3, -0.25) is 9.69 Å². The van der Waals surface area contributed by atoms with Gasteiger partial charge in [-0.15, -0.1) is 0 Å². The Morgan fingerprint density at radius 3 is 2.59 bits per heavy atom. The predicted octanol–water partition coefficient (Wildman–Crippen LogP) is 3.34. The number of likely N-dealkylation sites (tertiary alicyclic amines) is 1. The Kier molecular flexibility index (Phi) is 6.93. The Morgan fingerprint density at radius 2 is 1.84 bits per heavy atom. The van der Waals surface area contributed by atoms with Crippen molar-refractivity contribution < 1.29 is 14.3 Å². The van der Waals surface area contributed by atoms with Crippen molar-refractivity contribution in [2.75, 3.05) is 27.8 Å². The SMILES string of the molecule is CNC(=O)[C@@H]1C[C@@H](NCc2cccc(OC)c2OC)CN1Cc1ccc2ccccc2c1. The highest BCUT2D eigenvalue weighted by atomic mass is 16.5. The highest BCUT2D eigenvalue weighted by molar-refractivity contribution is 5.83. The molecule has 0 spiro atoms. The van der Waals surface area contributed by atoms with Crippen LogP contribution in [0.3, 0.4) is 0 Å². The summed E-state index contributed by atoms with van der Waals surface area (Å²) in [6.07, 6.45) is 0.763. The van der Waals surface area contributed by atoms with Gasteiger partial charge in [-0.2, -0.15) is 0 Å². The van der Waals surface area contributed by atoms with Gasteiger partial charge in [-0.1, -0.05) is 48.5 Å². The number of benzene rings is 3. The van der Waals surface area contributed by atoms with Crippen LogP contribution in [0.4, 0.5) is 0 Å². The third kappa shape index (κ3) is 4.71. The molecular weight excluding hydrogens is 402 g/mol. The molecule has 0 bridgehead atoms. The van der Waals surface area contributed by atoms with E-state index >= 15 is 0 Å². The van der Waals surface area contributed by atoms with Crippen molar-refractivity contribution in [3.8, 4) is 11.5 Å². The lowest BCUT2D eigenvalue weighted by atomic mass is 10.1. The molecule has 1 aliphatic heterocycles. The number of nitrogens with zero attached hydrogens (tertiary/aromatic N) is 1. The van der Waals surface area contributed by atoms with E-state index in [0.717, 1.165) is 36.6 Å². The normalized spacial score (nSPS) is 18.6. The van der Waals surface area contributed by atoms with E-state index in [1.54, 1.807) is 21.3 Å². The third-order valence-electron chi connectivity index (χ3n) is 6.22. The average molecular weight is 434 g/mol. The van der Waals surface area contributed by atoms with E-state index in [9.17, 15) is 4.79 Å². The number of nitrogens with one attached hydrogen (secondary N) is 2. The van der Waals surface area contributed by atoms with Gasteiger partial charge in [-0.25, -0.2) is 0 Å². The molecule has 0 radical (unpaired) electrons. The maximum Gasteiger partial charge on any atom is 0.237 e. The molecule has 1 amide bonds. The number of para-hydroxylation sites is 1. The van der Waals surface area contributed by atoms with Crippen molar-refractivity contribution in [1.82, 2.24) is 15.5 Å². The van der Waals surface area contributed by atoms with E-state index < -0.39 is 0 Å². The molecule has 168 valence electrons. The Hall–Kier alpha value is -3.09. The number of amides is 1. The van der Waals surface area contributed by atoms with E-state index in [1.807, 2.05) is 18.2 Å². The number of hydrogen-bond acceptors (Lipinski definition) is 5. The number of hydrogen-bond donors (Lipinski definition) is 2. The maximum absolute atomic E-state index is 12.6. The zero-order valence-corrected chi connectivity index (χ0v) is 18.9. The minimum Gasteiger partial charge on any atom is -0.493 e. The summed E-state index contributed by atoms with van der Waals surface area (Å²) in [5, 5.41) is 8.91. The fourth-order valence-electron chi connectivity index (χ4n) is 4.58. The Morgan fingerprint density at radius 1 is 1.03 bits per heavy atom. The number of ether oxygens (including phenoxy) is 2. The van der Waals surface area contributed by atoms with Gasteiger partial charge < -0.3 is 20.1 Å². The maximum atomic E-state index is 12.6. The van der Waals surface area contributed by atoms with Crippen LogP contribution >= 0.6 is 0 Å². The third-order valence-corrected chi connectivity index (χ3v) is 6.22. The molecule has 3 aromatic carbocycles. The van der Waals surface area contributed by atoms with Crippen molar-refractivity contribution in [3.05, 3.63) is 71.8 Å². The van der Waals surface area contributed by atoms with Gasteiger partial charge in [0.25, 0.3) is 0 Å². The van der Waals surface area contributed by atoms with Gasteiger partial charge in [-0.05, 0) is 34.9 Å². The van der Waals surface area contributed by atoms with Crippen LogP contribution in [0, 0.1) is 0 Å². The summed E-state index contributed by atoms with van der Waals surface area (Å²) in [4.78, 5) is 14.9. The quantitative estimate of drug-likeness (QED) is 0.571. The molecular formula is C26H31N3O3. The summed E-state index contributed by atoms with van der Waals surface area (Å²) in [6, 6.07) is 20.8. The first-order valence-electron chi connectivity index (χ1n) is 11.0. The molecule has 0 aromatic heterocycles. The van der Waals surface area contributed by atoms with E-state index in [0.29, 0.717) is 6.54 Å². The number of carbonyl (C=O) groups excluding carboxylic acids is 1. The van der Waals surface area contributed by atoms with Gasteiger partial charge in [0.15, 0.2) is 11.5 Å². The first-order valence-corrected chi connectivity index (χ1v) is 11.0. The zero-order valence-electron chi connectivity index (χ0n) is 18.9. The molecule has 4 rings (SSSR count). The van der Waals surface area contributed by atoms with Crippen LogP contribution in [0.2, 0.25) is 0 Å². The van der Waals surface area contributed by atoms with Crippen molar-refractivity contribution >= 4 is 16.7 Å². The van der Waals surface area contributed by atoms with E-state index in [-0.39, 0.29) is 18.0 Å². The number of methoxy groups -OCH3 is 2. The van der Waals surface area contributed by atoms with E-state index in [1.165, 1.54) is 16.3 Å². The van der Waals surface area contributed by atoms with Gasteiger partial charge >= 0.3 is 0 Å². The summed E-state index contributed by atoms with van der Waals surface area (Å²) in [6.45, 7) is 2.19. The largest absolute Gasteiger partial charge is 0.493 e. The van der Waals surface area contributed by atoms with Crippen LogP contribution in [0.5, 0.6) is 11.5 Å². The van der Waals surface area contributed by atoms with E-state index in [2.05, 4.69) is 58.0 Å². The second-order valence-electron chi connectivity index (χ2n) is 8.21. The number of likely N-dealkylation sites (N-methyl/N-ethyl adjacent to an activating group) is 1. The first kappa shape index (κ1) is 22.1. The van der Waals surface area contributed by atoms with Crippen LogP contribution in [-0.4, -0.2) is 50.7 Å². The molecule has 6 heteroatoms. The van der Waals surface area contributed by atoms with Gasteiger partial charge in [0.1, 0.15) is 0 Å². The molecule has 2 N–H and O–H groups in total. The number of fused-ring (bicyclic) bond motifs is 1. The molecule has 6 nitrogen and oxygen atoms in total. The zero-order chi connectivity index (χ0) is 22.5. The fraction of sp³-hybridized carbons (Fsp3) is 0.346. The van der Waals surface area contributed by atoms with Gasteiger partial charge in [0, 0.05) is 38.3 Å². The number of carbonyl (C=O) groups is 1. The van der Waals surface area contributed by atoms with Crippen LogP contribution in [0.15, 0.2) is 60.7 Å². The molecule has 32 heavy (non-hydrogen) atoms.